The predicted octanol–water partition coefficient (Wildman–Crippen LogP) is 4.78. The Kier molecular flexibility index (Phi) is 7.67. The molecule has 0 unspecified atom stereocenters. The van der Waals surface area contributed by atoms with Crippen molar-refractivity contribution in [3.8, 4) is 0 Å². The predicted molar refractivity (Wildman–Crippen MR) is 88.6 cm³/mol. The normalized spacial score (nSPS) is 13.7. The number of allylic oxidation sites excluding steroid dienone is 5. The molecule has 108 valence electrons. The van der Waals surface area contributed by atoms with E-state index < -0.39 is 0 Å². The molecular weight excluding hydrogens is 244 g/mol. The van der Waals surface area contributed by atoms with Crippen molar-refractivity contribution in [1.82, 2.24) is 0 Å². The summed E-state index contributed by atoms with van der Waals surface area (Å²) in [6.07, 6.45) is 11.1. The lowest BCUT2D eigenvalue weighted by Gasteiger charge is -2.13. The zero-order chi connectivity index (χ0) is 14.8. The molecule has 1 nitrogen and oxygen atoms in total. The molecule has 20 heavy (non-hydrogen) atoms. The summed E-state index contributed by atoms with van der Waals surface area (Å²) < 4.78 is 0. The number of hydrogen-bond acceptors (Lipinski definition) is 1. The molecule has 1 heteroatoms. The average molecular weight is 270 g/mol. The highest BCUT2D eigenvalue weighted by Gasteiger charge is 2.07. The van der Waals surface area contributed by atoms with Gasteiger partial charge < -0.3 is 5.11 Å². The maximum Gasteiger partial charge on any atom is 0.0462 e. The van der Waals surface area contributed by atoms with Gasteiger partial charge in [-0.05, 0) is 42.4 Å². The SMILES string of the molecule is C=C/C(=C\C=C/C)c1ccc(C[C@H](CO)CCC)cc1. The van der Waals surface area contributed by atoms with E-state index in [1.165, 1.54) is 11.1 Å². The molecule has 0 spiro atoms. The summed E-state index contributed by atoms with van der Waals surface area (Å²) in [7, 11) is 0. The molecule has 0 heterocycles. The molecule has 0 aliphatic heterocycles. The fraction of sp³-hybridized carbons (Fsp3) is 0.368. The van der Waals surface area contributed by atoms with Gasteiger partial charge in [0.2, 0.25) is 0 Å². The molecule has 0 bridgehead atoms. The Morgan fingerprint density at radius 3 is 2.50 bits per heavy atom. The van der Waals surface area contributed by atoms with E-state index in [0.29, 0.717) is 5.92 Å². The summed E-state index contributed by atoms with van der Waals surface area (Å²) in [6, 6.07) is 8.57. The van der Waals surface area contributed by atoms with E-state index >= 15 is 0 Å². The van der Waals surface area contributed by atoms with E-state index in [1.54, 1.807) is 0 Å². The zero-order valence-electron chi connectivity index (χ0n) is 12.7. The molecule has 1 rings (SSSR count). The third-order valence-corrected chi connectivity index (χ3v) is 3.45. The summed E-state index contributed by atoms with van der Waals surface area (Å²) in [5, 5.41) is 9.37. The molecule has 0 saturated heterocycles. The van der Waals surface area contributed by atoms with E-state index in [2.05, 4.69) is 43.8 Å². The van der Waals surface area contributed by atoms with Crippen LogP contribution in [0.2, 0.25) is 0 Å². The third-order valence-electron chi connectivity index (χ3n) is 3.45. The second-order valence-corrected chi connectivity index (χ2v) is 5.09. The monoisotopic (exact) mass is 270 g/mol. The average Bonchev–Trinajstić information content (AvgIpc) is 2.49. The lowest BCUT2D eigenvalue weighted by atomic mass is 9.94. The molecule has 0 saturated carbocycles. The first kappa shape index (κ1) is 16.5. The van der Waals surface area contributed by atoms with Crippen LogP contribution in [-0.2, 0) is 6.42 Å². The Hall–Kier alpha value is -1.60. The van der Waals surface area contributed by atoms with Crippen molar-refractivity contribution in [3.05, 3.63) is 66.3 Å². The van der Waals surface area contributed by atoms with Gasteiger partial charge in [0.15, 0.2) is 0 Å². The number of aliphatic hydroxyl groups excluding tert-OH is 1. The molecule has 0 aliphatic rings. The van der Waals surface area contributed by atoms with Crippen molar-refractivity contribution >= 4 is 5.57 Å². The van der Waals surface area contributed by atoms with Crippen LogP contribution in [0.25, 0.3) is 5.57 Å². The fourth-order valence-corrected chi connectivity index (χ4v) is 2.31. The van der Waals surface area contributed by atoms with Crippen molar-refractivity contribution in [1.29, 1.82) is 0 Å². The quantitative estimate of drug-likeness (QED) is 0.674. The van der Waals surface area contributed by atoms with Gasteiger partial charge in [0, 0.05) is 6.61 Å². The van der Waals surface area contributed by atoms with Crippen molar-refractivity contribution in [2.24, 2.45) is 5.92 Å². The van der Waals surface area contributed by atoms with Crippen LogP contribution < -0.4 is 0 Å². The fourth-order valence-electron chi connectivity index (χ4n) is 2.31. The van der Waals surface area contributed by atoms with Gasteiger partial charge in [0.1, 0.15) is 0 Å². The van der Waals surface area contributed by atoms with Gasteiger partial charge in [-0.25, -0.2) is 0 Å². The standard InChI is InChI=1S/C19H26O/c1-4-7-9-18(6-3)19-12-10-16(11-13-19)14-17(15-20)8-5-2/h4,6-7,9-13,17,20H,3,5,8,14-15H2,1-2H3/b7-4-,18-9+/t17-/m1/s1. The van der Waals surface area contributed by atoms with Crippen molar-refractivity contribution < 1.29 is 5.11 Å². The highest BCUT2D eigenvalue weighted by molar-refractivity contribution is 5.74. The molecule has 0 amide bonds. The maximum absolute atomic E-state index is 9.37. The first-order chi connectivity index (χ1) is 9.74. The highest BCUT2D eigenvalue weighted by atomic mass is 16.3. The van der Waals surface area contributed by atoms with Crippen LogP contribution in [0.15, 0.2) is 55.1 Å². The second-order valence-electron chi connectivity index (χ2n) is 5.09. The van der Waals surface area contributed by atoms with Crippen LogP contribution >= 0.6 is 0 Å². The molecule has 0 aliphatic carbocycles. The minimum absolute atomic E-state index is 0.273. The molecule has 1 aromatic rings. The lowest BCUT2D eigenvalue weighted by molar-refractivity contribution is 0.217. The van der Waals surface area contributed by atoms with Crippen molar-refractivity contribution in [2.75, 3.05) is 6.61 Å². The van der Waals surface area contributed by atoms with Crippen LogP contribution in [0, 0.1) is 5.92 Å². The summed E-state index contributed by atoms with van der Waals surface area (Å²) >= 11 is 0. The van der Waals surface area contributed by atoms with Crippen LogP contribution in [0.3, 0.4) is 0 Å². The van der Waals surface area contributed by atoms with Gasteiger partial charge in [-0.1, -0.05) is 68.5 Å². The van der Waals surface area contributed by atoms with E-state index in [0.717, 1.165) is 24.8 Å². The Bertz CT molecular complexity index is 451. The van der Waals surface area contributed by atoms with Crippen LogP contribution in [-0.4, -0.2) is 11.7 Å². The minimum Gasteiger partial charge on any atom is -0.396 e. The number of hydrogen-bond donors (Lipinski definition) is 1. The minimum atomic E-state index is 0.273. The van der Waals surface area contributed by atoms with E-state index in [-0.39, 0.29) is 6.61 Å². The van der Waals surface area contributed by atoms with Crippen molar-refractivity contribution in [3.63, 3.8) is 0 Å². The number of aliphatic hydroxyl groups is 1. The summed E-state index contributed by atoms with van der Waals surface area (Å²) in [4.78, 5) is 0. The van der Waals surface area contributed by atoms with Crippen LogP contribution in [0.1, 0.15) is 37.8 Å². The van der Waals surface area contributed by atoms with Crippen LogP contribution in [0.5, 0.6) is 0 Å². The van der Waals surface area contributed by atoms with Gasteiger partial charge in [-0.2, -0.15) is 0 Å². The third kappa shape index (κ3) is 5.18. The summed E-state index contributed by atoms with van der Waals surface area (Å²) in [6.45, 7) is 8.30. The summed E-state index contributed by atoms with van der Waals surface area (Å²) in [5.74, 6) is 0.378. The first-order valence-electron chi connectivity index (χ1n) is 7.40. The number of rotatable bonds is 8. The Labute approximate surface area is 123 Å². The molecule has 1 N–H and O–H groups in total. The van der Waals surface area contributed by atoms with E-state index in [1.807, 2.05) is 25.2 Å². The molecule has 0 radical (unpaired) electrons. The highest BCUT2D eigenvalue weighted by Crippen LogP contribution is 2.19. The van der Waals surface area contributed by atoms with E-state index in [9.17, 15) is 5.11 Å². The zero-order valence-corrected chi connectivity index (χ0v) is 12.7. The first-order valence-corrected chi connectivity index (χ1v) is 7.40. The maximum atomic E-state index is 9.37. The van der Waals surface area contributed by atoms with E-state index in [4.69, 9.17) is 0 Å². The second kappa shape index (κ2) is 9.33. The lowest BCUT2D eigenvalue weighted by Crippen LogP contribution is -2.09. The largest absolute Gasteiger partial charge is 0.396 e. The van der Waals surface area contributed by atoms with Crippen LogP contribution in [0.4, 0.5) is 0 Å². The molecule has 1 atom stereocenters. The molecule has 0 fully saturated rings. The van der Waals surface area contributed by atoms with Gasteiger partial charge in [-0.15, -0.1) is 0 Å². The number of benzene rings is 1. The Morgan fingerprint density at radius 1 is 1.30 bits per heavy atom. The summed E-state index contributed by atoms with van der Waals surface area (Å²) in [5.41, 5.74) is 3.59. The van der Waals surface area contributed by atoms with Crippen molar-refractivity contribution in [2.45, 2.75) is 33.1 Å². The van der Waals surface area contributed by atoms with Gasteiger partial charge in [0.25, 0.3) is 0 Å². The Morgan fingerprint density at radius 2 is 2.00 bits per heavy atom. The van der Waals surface area contributed by atoms with Gasteiger partial charge in [0.05, 0.1) is 0 Å². The Balaban J connectivity index is 2.79. The van der Waals surface area contributed by atoms with Gasteiger partial charge in [-0.3, -0.25) is 0 Å². The smallest absolute Gasteiger partial charge is 0.0462 e. The molecule has 0 aromatic heterocycles. The topological polar surface area (TPSA) is 20.2 Å². The molecular formula is C19H26O. The molecule has 1 aromatic carbocycles. The van der Waals surface area contributed by atoms with Gasteiger partial charge >= 0.3 is 0 Å².